The van der Waals surface area contributed by atoms with E-state index in [2.05, 4.69) is 45.0 Å². The molecule has 17 heavy (non-hydrogen) atoms. The SMILES string of the molecule is CNC1CCCCC1CN(CC(C)C)C(C)C. The minimum absolute atomic E-state index is 0.678. The van der Waals surface area contributed by atoms with Crippen molar-refractivity contribution in [3.63, 3.8) is 0 Å². The second kappa shape index (κ2) is 7.38. The fourth-order valence-corrected chi connectivity index (χ4v) is 3.07. The largest absolute Gasteiger partial charge is 0.317 e. The lowest BCUT2D eigenvalue weighted by atomic mass is 9.84. The summed E-state index contributed by atoms with van der Waals surface area (Å²) >= 11 is 0. The van der Waals surface area contributed by atoms with Crippen molar-refractivity contribution in [3.8, 4) is 0 Å². The van der Waals surface area contributed by atoms with E-state index < -0.39 is 0 Å². The fourth-order valence-electron chi connectivity index (χ4n) is 3.07. The lowest BCUT2D eigenvalue weighted by Gasteiger charge is -2.37. The molecule has 2 heteroatoms. The lowest BCUT2D eigenvalue weighted by Crippen LogP contribution is -2.45. The summed E-state index contributed by atoms with van der Waals surface area (Å²) in [6, 6.07) is 1.42. The predicted octanol–water partition coefficient (Wildman–Crippen LogP) is 3.13. The molecule has 1 saturated carbocycles. The minimum atomic E-state index is 0.678. The van der Waals surface area contributed by atoms with Crippen LogP contribution in [-0.2, 0) is 0 Å². The smallest absolute Gasteiger partial charge is 0.0104 e. The number of hydrogen-bond acceptors (Lipinski definition) is 2. The number of nitrogens with zero attached hydrogens (tertiary/aromatic N) is 1. The zero-order chi connectivity index (χ0) is 12.8. The van der Waals surface area contributed by atoms with Gasteiger partial charge in [-0.1, -0.05) is 26.7 Å². The number of nitrogens with one attached hydrogen (secondary N) is 1. The van der Waals surface area contributed by atoms with Crippen LogP contribution in [0.2, 0.25) is 0 Å². The highest BCUT2D eigenvalue weighted by molar-refractivity contribution is 4.83. The van der Waals surface area contributed by atoms with E-state index in [4.69, 9.17) is 0 Å². The molecule has 1 aliphatic rings. The van der Waals surface area contributed by atoms with Gasteiger partial charge in [0.1, 0.15) is 0 Å². The molecule has 0 saturated heterocycles. The maximum absolute atomic E-state index is 3.52. The van der Waals surface area contributed by atoms with Crippen LogP contribution in [0.5, 0.6) is 0 Å². The number of rotatable bonds is 6. The molecule has 0 radical (unpaired) electrons. The first-order valence-electron chi connectivity index (χ1n) is 7.46. The van der Waals surface area contributed by atoms with E-state index in [1.807, 2.05) is 0 Å². The minimum Gasteiger partial charge on any atom is -0.317 e. The van der Waals surface area contributed by atoms with Gasteiger partial charge in [0.25, 0.3) is 0 Å². The van der Waals surface area contributed by atoms with E-state index in [0.717, 1.165) is 17.9 Å². The fraction of sp³-hybridized carbons (Fsp3) is 1.00. The van der Waals surface area contributed by atoms with Gasteiger partial charge in [-0.2, -0.15) is 0 Å². The van der Waals surface area contributed by atoms with E-state index in [-0.39, 0.29) is 0 Å². The Morgan fingerprint density at radius 1 is 1.12 bits per heavy atom. The second-order valence-electron chi connectivity index (χ2n) is 6.38. The van der Waals surface area contributed by atoms with Gasteiger partial charge in [0.05, 0.1) is 0 Å². The van der Waals surface area contributed by atoms with E-state index in [1.165, 1.54) is 38.8 Å². The molecule has 0 aromatic carbocycles. The lowest BCUT2D eigenvalue weighted by molar-refractivity contribution is 0.131. The molecule has 0 spiro atoms. The summed E-state index contributed by atoms with van der Waals surface area (Å²) in [4.78, 5) is 2.67. The van der Waals surface area contributed by atoms with Gasteiger partial charge in [-0.3, -0.25) is 0 Å². The van der Waals surface area contributed by atoms with Crippen LogP contribution < -0.4 is 5.32 Å². The van der Waals surface area contributed by atoms with Crippen LogP contribution in [0, 0.1) is 11.8 Å². The summed E-state index contributed by atoms with van der Waals surface area (Å²) in [6.07, 6.45) is 5.62. The van der Waals surface area contributed by atoms with Crippen molar-refractivity contribution in [1.82, 2.24) is 10.2 Å². The highest BCUT2D eigenvalue weighted by Gasteiger charge is 2.26. The van der Waals surface area contributed by atoms with Crippen LogP contribution in [0.25, 0.3) is 0 Å². The Balaban J connectivity index is 2.51. The van der Waals surface area contributed by atoms with Gasteiger partial charge in [-0.15, -0.1) is 0 Å². The Hall–Kier alpha value is -0.0800. The Kier molecular flexibility index (Phi) is 6.50. The first kappa shape index (κ1) is 15.0. The van der Waals surface area contributed by atoms with Gasteiger partial charge >= 0.3 is 0 Å². The normalized spacial score (nSPS) is 26.1. The first-order chi connectivity index (χ1) is 8.04. The molecule has 0 heterocycles. The third-order valence-electron chi connectivity index (χ3n) is 4.08. The molecule has 1 aliphatic carbocycles. The molecular formula is C15H32N2. The van der Waals surface area contributed by atoms with Gasteiger partial charge in [-0.05, 0) is 45.6 Å². The second-order valence-corrected chi connectivity index (χ2v) is 6.38. The van der Waals surface area contributed by atoms with Crippen molar-refractivity contribution < 1.29 is 0 Å². The Morgan fingerprint density at radius 3 is 2.29 bits per heavy atom. The predicted molar refractivity (Wildman–Crippen MR) is 76.4 cm³/mol. The monoisotopic (exact) mass is 240 g/mol. The Bertz CT molecular complexity index is 201. The average molecular weight is 240 g/mol. The molecule has 1 rings (SSSR count). The quantitative estimate of drug-likeness (QED) is 0.767. The van der Waals surface area contributed by atoms with Gasteiger partial charge in [0, 0.05) is 25.2 Å². The molecule has 2 unspecified atom stereocenters. The van der Waals surface area contributed by atoms with E-state index in [1.54, 1.807) is 0 Å². The molecule has 0 aromatic heterocycles. The van der Waals surface area contributed by atoms with Crippen LogP contribution >= 0.6 is 0 Å². The van der Waals surface area contributed by atoms with Crippen LogP contribution in [0.15, 0.2) is 0 Å². The van der Waals surface area contributed by atoms with Crippen molar-refractivity contribution >= 4 is 0 Å². The van der Waals surface area contributed by atoms with Crippen LogP contribution in [0.4, 0.5) is 0 Å². The zero-order valence-corrected chi connectivity index (χ0v) is 12.5. The molecule has 1 fully saturated rings. The zero-order valence-electron chi connectivity index (χ0n) is 12.5. The number of hydrogen-bond donors (Lipinski definition) is 1. The van der Waals surface area contributed by atoms with Gasteiger partial charge < -0.3 is 10.2 Å². The summed E-state index contributed by atoms with van der Waals surface area (Å²) in [5.41, 5.74) is 0. The standard InChI is InChI=1S/C15H32N2/c1-12(2)10-17(13(3)4)11-14-8-6-7-9-15(14)16-5/h12-16H,6-11H2,1-5H3. The average Bonchev–Trinajstić information content (AvgIpc) is 2.28. The van der Waals surface area contributed by atoms with Crippen LogP contribution in [0.1, 0.15) is 53.4 Å². The van der Waals surface area contributed by atoms with E-state index in [9.17, 15) is 0 Å². The maximum atomic E-state index is 3.52. The molecular weight excluding hydrogens is 208 g/mol. The molecule has 2 nitrogen and oxygen atoms in total. The van der Waals surface area contributed by atoms with Crippen molar-refractivity contribution in [2.75, 3.05) is 20.1 Å². The molecule has 102 valence electrons. The third kappa shape index (κ3) is 4.97. The van der Waals surface area contributed by atoms with Gasteiger partial charge in [0.15, 0.2) is 0 Å². The highest BCUT2D eigenvalue weighted by atomic mass is 15.2. The summed E-state index contributed by atoms with van der Waals surface area (Å²) < 4.78 is 0. The summed E-state index contributed by atoms with van der Waals surface area (Å²) in [6.45, 7) is 11.8. The molecule has 2 atom stereocenters. The molecule has 1 N–H and O–H groups in total. The Labute approximate surface area is 108 Å². The van der Waals surface area contributed by atoms with Crippen molar-refractivity contribution in [3.05, 3.63) is 0 Å². The van der Waals surface area contributed by atoms with Crippen molar-refractivity contribution in [1.29, 1.82) is 0 Å². The summed E-state index contributed by atoms with van der Waals surface area (Å²) in [7, 11) is 2.13. The topological polar surface area (TPSA) is 15.3 Å². The van der Waals surface area contributed by atoms with Gasteiger partial charge in [-0.25, -0.2) is 0 Å². The molecule has 0 amide bonds. The van der Waals surface area contributed by atoms with Crippen molar-refractivity contribution in [2.45, 2.75) is 65.5 Å². The molecule has 0 bridgehead atoms. The molecule has 0 aliphatic heterocycles. The van der Waals surface area contributed by atoms with Crippen molar-refractivity contribution in [2.24, 2.45) is 11.8 Å². The van der Waals surface area contributed by atoms with E-state index >= 15 is 0 Å². The summed E-state index contributed by atoms with van der Waals surface area (Å²) in [5.74, 6) is 1.63. The highest BCUT2D eigenvalue weighted by Crippen LogP contribution is 2.25. The van der Waals surface area contributed by atoms with Crippen LogP contribution in [0.3, 0.4) is 0 Å². The maximum Gasteiger partial charge on any atom is 0.0104 e. The molecule has 0 aromatic rings. The van der Waals surface area contributed by atoms with Gasteiger partial charge in [0.2, 0.25) is 0 Å². The third-order valence-corrected chi connectivity index (χ3v) is 4.08. The first-order valence-corrected chi connectivity index (χ1v) is 7.46. The van der Waals surface area contributed by atoms with E-state index in [0.29, 0.717) is 6.04 Å². The van der Waals surface area contributed by atoms with Crippen LogP contribution in [-0.4, -0.2) is 37.1 Å². The summed E-state index contributed by atoms with van der Waals surface area (Å²) in [5, 5.41) is 3.52. The Morgan fingerprint density at radius 2 is 1.76 bits per heavy atom.